The Morgan fingerprint density at radius 2 is 1.85 bits per heavy atom. The minimum atomic E-state index is -0.308. The Balaban J connectivity index is 2.23. The number of benzene rings is 2. The van der Waals surface area contributed by atoms with Crippen molar-refractivity contribution in [1.29, 1.82) is 0 Å². The zero-order valence-electron chi connectivity index (χ0n) is 11.6. The SMILES string of the molecule is CN(C)CCc1ccc2cccc3c2c1C(=O)NC3=O. The number of imide groups is 1. The third-order valence-corrected chi connectivity index (χ3v) is 3.66. The van der Waals surface area contributed by atoms with E-state index in [4.69, 9.17) is 0 Å². The highest BCUT2D eigenvalue weighted by atomic mass is 16.2. The molecule has 0 bridgehead atoms. The number of hydrogen-bond acceptors (Lipinski definition) is 3. The predicted octanol–water partition coefficient (Wildman–Crippen LogP) is 1.83. The van der Waals surface area contributed by atoms with Crippen molar-refractivity contribution in [3.05, 3.63) is 47.0 Å². The number of likely N-dealkylation sites (N-methyl/N-ethyl adjacent to an activating group) is 1. The molecule has 0 unspecified atom stereocenters. The lowest BCUT2D eigenvalue weighted by Gasteiger charge is -2.20. The van der Waals surface area contributed by atoms with Gasteiger partial charge in [-0.2, -0.15) is 0 Å². The van der Waals surface area contributed by atoms with E-state index in [1.54, 1.807) is 6.07 Å². The fourth-order valence-corrected chi connectivity index (χ4v) is 2.66. The highest BCUT2D eigenvalue weighted by Gasteiger charge is 2.26. The molecule has 2 aromatic rings. The molecule has 1 N–H and O–H groups in total. The van der Waals surface area contributed by atoms with Crippen LogP contribution in [-0.2, 0) is 6.42 Å². The van der Waals surface area contributed by atoms with Crippen LogP contribution in [0.25, 0.3) is 10.8 Å². The Kier molecular flexibility index (Phi) is 3.03. The molecular formula is C16H16N2O2. The minimum Gasteiger partial charge on any atom is -0.309 e. The van der Waals surface area contributed by atoms with Gasteiger partial charge in [-0.1, -0.05) is 24.3 Å². The molecule has 0 fully saturated rings. The van der Waals surface area contributed by atoms with Gasteiger partial charge in [0, 0.05) is 17.5 Å². The van der Waals surface area contributed by atoms with Gasteiger partial charge in [-0.25, -0.2) is 0 Å². The Labute approximate surface area is 117 Å². The average molecular weight is 268 g/mol. The molecule has 0 aliphatic carbocycles. The quantitative estimate of drug-likeness (QED) is 0.864. The van der Waals surface area contributed by atoms with Crippen LogP contribution in [-0.4, -0.2) is 37.4 Å². The largest absolute Gasteiger partial charge is 0.309 e. The summed E-state index contributed by atoms with van der Waals surface area (Å²) in [5, 5.41) is 4.16. The van der Waals surface area contributed by atoms with E-state index in [2.05, 4.69) is 10.2 Å². The zero-order valence-corrected chi connectivity index (χ0v) is 11.6. The second kappa shape index (κ2) is 4.72. The number of rotatable bonds is 3. The fraction of sp³-hybridized carbons (Fsp3) is 0.250. The number of nitrogens with one attached hydrogen (secondary N) is 1. The first kappa shape index (κ1) is 12.8. The summed E-state index contributed by atoms with van der Waals surface area (Å²) in [4.78, 5) is 26.2. The highest BCUT2D eigenvalue weighted by Crippen LogP contribution is 2.29. The summed E-state index contributed by atoms with van der Waals surface area (Å²) in [6, 6.07) is 9.52. The third kappa shape index (κ3) is 1.98. The van der Waals surface area contributed by atoms with Crippen LogP contribution in [0.4, 0.5) is 0 Å². The molecule has 0 atom stereocenters. The third-order valence-electron chi connectivity index (χ3n) is 3.66. The van der Waals surface area contributed by atoms with E-state index in [9.17, 15) is 9.59 Å². The van der Waals surface area contributed by atoms with Gasteiger partial charge in [0.2, 0.25) is 0 Å². The Morgan fingerprint density at radius 3 is 2.60 bits per heavy atom. The van der Waals surface area contributed by atoms with Crippen molar-refractivity contribution < 1.29 is 9.59 Å². The van der Waals surface area contributed by atoms with Crippen molar-refractivity contribution in [2.75, 3.05) is 20.6 Å². The number of carbonyl (C=O) groups is 2. The van der Waals surface area contributed by atoms with E-state index >= 15 is 0 Å². The summed E-state index contributed by atoms with van der Waals surface area (Å²) >= 11 is 0. The maximum atomic E-state index is 12.2. The van der Waals surface area contributed by atoms with E-state index in [0.717, 1.165) is 29.3 Å². The van der Waals surface area contributed by atoms with Crippen LogP contribution >= 0.6 is 0 Å². The summed E-state index contributed by atoms with van der Waals surface area (Å²) in [6.45, 7) is 0.863. The highest BCUT2D eigenvalue weighted by molar-refractivity contribution is 6.26. The molecule has 1 heterocycles. The van der Waals surface area contributed by atoms with E-state index in [1.807, 2.05) is 38.4 Å². The maximum Gasteiger partial charge on any atom is 0.259 e. The van der Waals surface area contributed by atoms with Crippen LogP contribution in [0.2, 0.25) is 0 Å². The molecule has 102 valence electrons. The number of carbonyl (C=O) groups excluding carboxylic acids is 2. The summed E-state index contributed by atoms with van der Waals surface area (Å²) in [5.74, 6) is -0.592. The molecule has 4 nitrogen and oxygen atoms in total. The summed E-state index contributed by atoms with van der Waals surface area (Å²) in [7, 11) is 4.00. The second-order valence-corrected chi connectivity index (χ2v) is 5.34. The Morgan fingerprint density at radius 1 is 1.05 bits per heavy atom. The van der Waals surface area contributed by atoms with E-state index in [1.165, 1.54) is 0 Å². The Bertz CT molecular complexity index is 720. The predicted molar refractivity (Wildman–Crippen MR) is 78.0 cm³/mol. The molecule has 0 saturated carbocycles. The first-order valence-electron chi connectivity index (χ1n) is 6.63. The van der Waals surface area contributed by atoms with E-state index < -0.39 is 0 Å². The van der Waals surface area contributed by atoms with Gasteiger partial charge >= 0.3 is 0 Å². The maximum absolute atomic E-state index is 12.2. The van der Waals surface area contributed by atoms with Crippen LogP contribution in [0.3, 0.4) is 0 Å². The zero-order chi connectivity index (χ0) is 14.3. The number of amides is 2. The first-order valence-corrected chi connectivity index (χ1v) is 6.63. The van der Waals surface area contributed by atoms with Crippen molar-refractivity contribution in [3.63, 3.8) is 0 Å². The van der Waals surface area contributed by atoms with Crippen LogP contribution < -0.4 is 5.32 Å². The number of nitrogens with zero attached hydrogens (tertiary/aromatic N) is 1. The lowest BCUT2D eigenvalue weighted by molar-refractivity contribution is 0.0844. The average Bonchev–Trinajstić information content (AvgIpc) is 2.42. The smallest absolute Gasteiger partial charge is 0.259 e. The van der Waals surface area contributed by atoms with Gasteiger partial charge in [-0.05, 0) is 37.5 Å². The normalized spacial score (nSPS) is 13.9. The van der Waals surface area contributed by atoms with Crippen molar-refractivity contribution in [3.8, 4) is 0 Å². The molecule has 2 aromatic carbocycles. The van der Waals surface area contributed by atoms with Gasteiger partial charge in [-0.3, -0.25) is 14.9 Å². The summed E-state index contributed by atoms with van der Waals surface area (Å²) in [5.41, 5.74) is 2.23. The lowest BCUT2D eigenvalue weighted by Crippen LogP contribution is -2.35. The molecule has 4 heteroatoms. The molecule has 2 amide bonds. The fourth-order valence-electron chi connectivity index (χ4n) is 2.66. The van der Waals surface area contributed by atoms with Gasteiger partial charge in [-0.15, -0.1) is 0 Å². The molecule has 3 rings (SSSR count). The van der Waals surface area contributed by atoms with Crippen molar-refractivity contribution >= 4 is 22.6 Å². The topological polar surface area (TPSA) is 49.4 Å². The van der Waals surface area contributed by atoms with Crippen molar-refractivity contribution in [2.24, 2.45) is 0 Å². The minimum absolute atomic E-state index is 0.284. The molecule has 20 heavy (non-hydrogen) atoms. The summed E-state index contributed by atoms with van der Waals surface area (Å²) < 4.78 is 0. The van der Waals surface area contributed by atoms with Crippen LogP contribution in [0.15, 0.2) is 30.3 Å². The van der Waals surface area contributed by atoms with Gasteiger partial charge in [0.25, 0.3) is 11.8 Å². The molecule has 1 aliphatic rings. The van der Waals surface area contributed by atoms with Crippen molar-refractivity contribution in [1.82, 2.24) is 10.2 Å². The van der Waals surface area contributed by atoms with Crippen molar-refractivity contribution in [2.45, 2.75) is 6.42 Å². The van der Waals surface area contributed by atoms with Gasteiger partial charge in [0.15, 0.2) is 0 Å². The van der Waals surface area contributed by atoms with Gasteiger partial charge < -0.3 is 4.90 Å². The monoisotopic (exact) mass is 268 g/mol. The summed E-state index contributed by atoms with van der Waals surface area (Å²) in [6.07, 6.45) is 0.786. The van der Waals surface area contributed by atoms with E-state index in [0.29, 0.717) is 11.1 Å². The first-order chi connectivity index (χ1) is 9.58. The molecular weight excluding hydrogens is 252 g/mol. The standard InChI is InChI=1S/C16H16N2O2/c1-18(2)9-8-11-7-6-10-4-3-5-12-13(10)14(11)16(20)17-15(12)19/h3-7H,8-9H2,1-2H3,(H,17,19,20). The van der Waals surface area contributed by atoms with Gasteiger partial charge in [0.1, 0.15) is 0 Å². The molecule has 0 aromatic heterocycles. The van der Waals surface area contributed by atoms with E-state index in [-0.39, 0.29) is 11.8 Å². The Hall–Kier alpha value is -2.20. The molecule has 0 radical (unpaired) electrons. The molecule has 0 spiro atoms. The van der Waals surface area contributed by atoms with Crippen LogP contribution in [0.5, 0.6) is 0 Å². The second-order valence-electron chi connectivity index (χ2n) is 5.34. The van der Waals surface area contributed by atoms with Crippen LogP contribution in [0, 0.1) is 0 Å². The number of hydrogen-bond donors (Lipinski definition) is 1. The molecule has 1 aliphatic heterocycles. The lowest BCUT2D eigenvalue weighted by atomic mass is 9.90. The van der Waals surface area contributed by atoms with Gasteiger partial charge in [0.05, 0.1) is 5.56 Å². The molecule has 0 saturated heterocycles. The van der Waals surface area contributed by atoms with Crippen LogP contribution in [0.1, 0.15) is 26.3 Å².